The average molecular weight is 365 g/mol. The summed E-state index contributed by atoms with van der Waals surface area (Å²) >= 11 is 0. The Balaban J connectivity index is 1.90. The van der Waals surface area contributed by atoms with E-state index in [4.69, 9.17) is 0 Å². The summed E-state index contributed by atoms with van der Waals surface area (Å²) < 4.78 is 2.24. The fourth-order valence-electron chi connectivity index (χ4n) is 3.94. The van der Waals surface area contributed by atoms with Gasteiger partial charge in [0.25, 0.3) is 0 Å². The summed E-state index contributed by atoms with van der Waals surface area (Å²) in [6, 6.07) is 28.4. The molecular formula is C27H26N+. The summed E-state index contributed by atoms with van der Waals surface area (Å²) in [5.74, 6) is 0. The van der Waals surface area contributed by atoms with Gasteiger partial charge in [0.15, 0.2) is 6.20 Å². The predicted octanol–water partition coefficient (Wildman–Crippen LogP) is 6.44. The van der Waals surface area contributed by atoms with Gasteiger partial charge in [-0.05, 0) is 60.2 Å². The summed E-state index contributed by atoms with van der Waals surface area (Å²) in [5.41, 5.74) is 11.5. The number of hydrogen-bond donors (Lipinski definition) is 0. The van der Waals surface area contributed by atoms with Crippen LogP contribution in [0.1, 0.15) is 16.7 Å². The van der Waals surface area contributed by atoms with Crippen LogP contribution in [0.4, 0.5) is 0 Å². The van der Waals surface area contributed by atoms with E-state index in [1.807, 2.05) is 0 Å². The van der Waals surface area contributed by atoms with E-state index in [1.54, 1.807) is 0 Å². The third kappa shape index (κ3) is 3.36. The Bertz CT molecular complexity index is 1140. The van der Waals surface area contributed by atoms with Crippen LogP contribution in [-0.4, -0.2) is 0 Å². The van der Waals surface area contributed by atoms with Gasteiger partial charge in [-0.15, -0.1) is 0 Å². The van der Waals surface area contributed by atoms with Gasteiger partial charge in [0.1, 0.15) is 7.05 Å². The van der Waals surface area contributed by atoms with E-state index in [0.717, 1.165) is 0 Å². The fourth-order valence-corrected chi connectivity index (χ4v) is 3.94. The van der Waals surface area contributed by atoms with Crippen LogP contribution >= 0.6 is 0 Å². The Morgan fingerprint density at radius 3 is 1.96 bits per heavy atom. The van der Waals surface area contributed by atoms with E-state index in [2.05, 4.69) is 117 Å². The van der Waals surface area contributed by atoms with Crippen LogP contribution in [0, 0.1) is 20.8 Å². The predicted molar refractivity (Wildman–Crippen MR) is 118 cm³/mol. The molecule has 0 N–H and O–H groups in total. The molecule has 1 heterocycles. The molecule has 1 aromatic heterocycles. The summed E-state index contributed by atoms with van der Waals surface area (Å²) in [4.78, 5) is 0. The van der Waals surface area contributed by atoms with Gasteiger partial charge in [-0.2, -0.15) is 0 Å². The largest absolute Gasteiger partial charge is 0.213 e. The standard InChI is InChI=1S/C27H26N/c1-19-10-8-9-13-24(19)23-15-14-20(2)26(16-23)27-17-25(21(3)18-28(27)4)22-11-6-5-7-12-22/h5-18H,1-4H3/q+1. The van der Waals surface area contributed by atoms with Crippen molar-refractivity contribution >= 4 is 0 Å². The molecule has 0 aliphatic carbocycles. The van der Waals surface area contributed by atoms with Crippen molar-refractivity contribution in [1.29, 1.82) is 0 Å². The summed E-state index contributed by atoms with van der Waals surface area (Å²) in [6.45, 7) is 6.55. The summed E-state index contributed by atoms with van der Waals surface area (Å²) in [6.07, 6.45) is 2.23. The second kappa shape index (κ2) is 7.44. The normalized spacial score (nSPS) is 10.9. The van der Waals surface area contributed by atoms with Crippen molar-refractivity contribution in [2.75, 3.05) is 0 Å². The molecule has 0 aliphatic rings. The zero-order valence-electron chi connectivity index (χ0n) is 17.0. The van der Waals surface area contributed by atoms with E-state index >= 15 is 0 Å². The molecule has 1 nitrogen and oxygen atoms in total. The van der Waals surface area contributed by atoms with Gasteiger partial charge in [-0.1, -0.05) is 66.7 Å². The van der Waals surface area contributed by atoms with Gasteiger partial charge < -0.3 is 0 Å². The molecule has 0 unspecified atom stereocenters. The fraction of sp³-hybridized carbons (Fsp3) is 0.148. The second-order valence-corrected chi connectivity index (χ2v) is 7.58. The van der Waals surface area contributed by atoms with Crippen molar-refractivity contribution in [3.8, 4) is 33.5 Å². The lowest BCUT2D eigenvalue weighted by Gasteiger charge is -2.12. The minimum atomic E-state index is 1.23. The van der Waals surface area contributed by atoms with E-state index in [0.29, 0.717) is 0 Å². The van der Waals surface area contributed by atoms with Gasteiger partial charge in [0.05, 0.1) is 0 Å². The van der Waals surface area contributed by atoms with Crippen molar-refractivity contribution in [2.45, 2.75) is 20.8 Å². The number of aromatic nitrogens is 1. The van der Waals surface area contributed by atoms with E-state index in [-0.39, 0.29) is 0 Å². The molecule has 0 atom stereocenters. The highest BCUT2D eigenvalue weighted by atomic mass is 14.9. The van der Waals surface area contributed by atoms with Gasteiger partial charge in [-0.25, -0.2) is 4.57 Å². The maximum Gasteiger partial charge on any atom is 0.213 e. The zero-order valence-corrected chi connectivity index (χ0v) is 17.0. The smallest absolute Gasteiger partial charge is 0.201 e. The number of hydrogen-bond acceptors (Lipinski definition) is 0. The average Bonchev–Trinajstić information content (AvgIpc) is 2.70. The van der Waals surface area contributed by atoms with Gasteiger partial charge in [0.2, 0.25) is 5.69 Å². The maximum atomic E-state index is 2.33. The molecule has 0 amide bonds. The molecule has 0 spiro atoms. The highest BCUT2D eigenvalue weighted by molar-refractivity contribution is 5.77. The molecule has 3 aromatic carbocycles. The van der Waals surface area contributed by atoms with Crippen LogP contribution in [0.2, 0.25) is 0 Å². The second-order valence-electron chi connectivity index (χ2n) is 7.58. The quantitative estimate of drug-likeness (QED) is 0.368. The lowest BCUT2D eigenvalue weighted by Crippen LogP contribution is -2.31. The molecule has 0 saturated carbocycles. The Hall–Kier alpha value is -3.19. The first-order chi connectivity index (χ1) is 13.5. The van der Waals surface area contributed by atoms with Crippen LogP contribution in [0.15, 0.2) is 85.1 Å². The van der Waals surface area contributed by atoms with Crippen molar-refractivity contribution in [2.24, 2.45) is 7.05 Å². The maximum absolute atomic E-state index is 2.33. The van der Waals surface area contributed by atoms with Crippen molar-refractivity contribution in [1.82, 2.24) is 0 Å². The first-order valence-electron chi connectivity index (χ1n) is 9.77. The molecule has 4 aromatic rings. The first-order valence-corrected chi connectivity index (χ1v) is 9.77. The van der Waals surface area contributed by atoms with E-state index in [9.17, 15) is 0 Å². The minimum Gasteiger partial charge on any atom is -0.201 e. The molecule has 0 bridgehead atoms. The zero-order chi connectivity index (χ0) is 19.7. The molecule has 1 heteroatoms. The molecule has 0 aliphatic heterocycles. The topological polar surface area (TPSA) is 3.88 Å². The van der Waals surface area contributed by atoms with Crippen LogP contribution in [0.25, 0.3) is 33.5 Å². The number of benzene rings is 3. The third-order valence-corrected chi connectivity index (χ3v) is 5.53. The van der Waals surface area contributed by atoms with Crippen molar-refractivity contribution in [3.05, 3.63) is 102 Å². The summed E-state index contributed by atoms with van der Waals surface area (Å²) in [7, 11) is 2.14. The lowest BCUT2D eigenvalue weighted by molar-refractivity contribution is -0.660. The first kappa shape index (κ1) is 18.2. The molecule has 138 valence electrons. The number of rotatable bonds is 3. The molecule has 4 rings (SSSR count). The Labute approximate surface area is 167 Å². The Kier molecular flexibility index (Phi) is 4.83. The highest BCUT2D eigenvalue weighted by Crippen LogP contribution is 2.32. The molecule has 0 saturated heterocycles. The Morgan fingerprint density at radius 1 is 0.536 bits per heavy atom. The van der Waals surface area contributed by atoms with Crippen molar-refractivity contribution < 1.29 is 4.57 Å². The third-order valence-electron chi connectivity index (χ3n) is 5.53. The highest BCUT2D eigenvalue weighted by Gasteiger charge is 2.17. The van der Waals surface area contributed by atoms with Crippen molar-refractivity contribution in [3.63, 3.8) is 0 Å². The van der Waals surface area contributed by atoms with Crippen LogP contribution < -0.4 is 4.57 Å². The number of pyridine rings is 1. The molecule has 0 radical (unpaired) electrons. The minimum absolute atomic E-state index is 1.23. The van der Waals surface area contributed by atoms with Gasteiger partial charge >= 0.3 is 0 Å². The van der Waals surface area contributed by atoms with Gasteiger partial charge in [-0.3, -0.25) is 0 Å². The molecular weight excluding hydrogens is 338 g/mol. The number of aryl methyl sites for hydroxylation is 4. The van der Waals surface area contributed by atoms with E-state index < -0.39 is 0 Å². The lowest BCUT2D eigenvalue weighted by atomic mass is 9.93. The summed E-state index contributed by atoms with van der Waals surface area (Å²) in [5, 5.41) is 0. The molecule has 28 heavy (non-hydrogen) atoms. The van der Waals surface area contributed by atoms with E-state index in [1.165, 1.54) is 50.2 Å². The SMILES string of the molecule is Cc1ccccc1-c1ccc(C)c(-c2cc(-c3ccccc3)c(C)c[n+]2C)c1. The van der Waals surface area contributed by atoms with Gasteiger partial charge in [0, 0.05) is 17.2 Å². The Morgan fingerprint density at radius 2 is 1.21 bits per heavy atom. The van der Waals surface area contributed by atoms with Crippen LogP contribution in [-0.2, 0) is 7.05 Å². The monoisotopic (exact) mass is 364 g/mol. The molecule has 0 fully saturated rings. The van der Waals surface area contributed by atoms with Crippen LogP contribution in [0.5, 0.6) is 0 Å². The number of nitrogens with zero attached hydrogens (tertiary/aromatic N) is 1. The van der Waals surface area contributed by atoms with Crippen LogP contribution in [0.3, 0.4) is 0 Å².